The summed E-state index contributed by atoms with van der Waals surface area (Å²) in [6, 6.07) is 6.92. The van der Waals surface area contributed by atoms with Gasteiger partial charge in [-0.15, -0.1) is 0 Å². The summed E-state index contributed by atoms with van der Waals surface area (Å²) >= 11 is 3.63. The maximum Gasteiger partial charge on any atom is 0.229 e. The normalized spacial score (nSPS) is 16.6. The molecule has 2 aliphatic rings. The third-order valence-corrected chi connectivity index (χ3v) is 12.3. The molecule has 0 atom stereocenters. The molecule has 0 radical (unpaired) electrons. The smallest absolute Gasteiger partial charge is 0.229 e. The molecule has 0 unspecified atom stereocenters. The first-order chi connectivity index (χ1) is 23.3. The van der Waals surface area contributed by atoms with Crippen LogP contribution in [0.2, 0.25) is 0 Å². The molecule has 2 fully saturated rings. The Labute approximate surface area is 298 Å². The van der Waals surface area contributed by atoms with Crippen molar-refractivity contribution >= 4 is 57.2 Å². The fourth-order valence-corrected chi connectivity index (χ4v) is 9.13. The second-order valence-corrected chi connectivity index (χ2v) is 17.9. The molecule has 262 valence electrons. The van der Waals surface area contributed by atoms with Crippen molar-refractivity contribution < 1.29 is 9.30 Å². The number of nitrogens with zero attached hydrogens (tertiary/aromatic N) is 7. The van der Waals surface area contributed by atoms with Gasteiger partial charge in [0.2, 0.25) is 5.95 Å². The molecule has 2 saturated heterocycles. The van der Waals surface area contributed by atoms with Crippen LogP contribution in [0.15, 0.2) is 41.3 Å². The Morgan fingerprint density at radius 3 is 2.27 bits per heavy atom. The maximum atomic E-state index is 13.4. The molecular formula is C36H49BrN9O2P. The van der Waals surface area contributed by atoms with Crippen molar-refractivity contribution in [2.24, 2.45) is 7.05 Å². The highest BCUT2D eigenvalue weighted by molar-refractivity contribution is 9.10. The van der Waals surface area contributed by atoms with E-state index in [4.69, 9.17) is 9.72 Å². The fraction of sp³-hybridized carbons (Fsp3) is 0.472. The molecule has 2 N–H and O–H groups in total. The molecule has 2 aromatic carbocycles. The molecule has 11 nitrogen and oxygen atoms in total. The van der Waals surface area contributed by atoms with Crippen LogP contribution in [0.4, 0.5) is 28.8 Å². The highest BCUT2D eigenvalue weighted by Gasteiger charge is 2.29. The summed E-state index contributed by atoms with van der Waals surface area (Å²) in [6.45, 7) is 16.3. The number of aromatic nitrogens is 4. The Hall–Kier alpha value is -3.44. The molecular weight excluding hydrogens is 701 g/mol. The second-order valence-electron chi connectivity index (χ2n) is 13.9. The number of aryl methyl sites for hydroxylation is 2. The summed E-state index contributed by atoms with van der Waals surface area (Å²) in [5.41, 5.74) is 8.08. The Morgan fingerprint density at radius 1 is 0.918 bits per heavy atom. The van der Waals surface area contributed by atoms with Gasteiger partial charge < -0.3 is 29.7 Å². The molecule has 49 heavy (non-hydrogen) atoms. The number of likely N-dealkylation sites (N-methyl/N-ethyl adjacent to an activating group) is 1. The topological polar surface area (TPSA) is 104 Å². The number of anilines is 5. The van der Waals surface area contributed by atoms with Crippen LogP contribution in [0.25, 0.3) is 11.1 Å². The zero-order chi connectivity index (χ0) is 35.0. The monoisotopic (exact) mass is 749 g/mol. The van der Waals surface area contributed by atoms with Crippen LogP contribution < -0.4 is 25.6 Å². The molecule has 6 rings (SSSR count). The lowest BCUT2D eigenvalue weighted by Gasteiger charge is -2.43. The number of hydrogen-bond acceptors (Lipinski definition) is 10. The number of ether oxygens (including phenoxy) is 1. The minimum atomic E-state index is -2.60. The van der Waals surface area contributed by atoms with Gasteiger partial charge in [0.05, 0.1) is 29.2 Å². The largest absolute Gasteiger partial charge is 0.494 e. The van der Waals surface area contributed by atoms with E-state index in [2.05, 4.69) is 90.4 Å². The van der Waals surface area contributed by atoms with Crippen LogP contribution in [0, 0.1) is 20.8 Å². The molecule has 0 spiro atoms. The lowest BCUT2D eigenvalue weighted by Crippen LogP contribution is -2.52. The van der Waals surface area contributed by atoms with Crippen LogP contribution in [0.5, 0.6) is 5.75 Å². The minimum Gasteiger partial charge on any atom is -0.494 e. The summed E-state index contributed by atoms with van der Waals surface area (Å²) in [5.74, 6) is 1.68. The van der Waals surface area contributed by atoms with Crippen LogP contribution in [0.1, 0.15) is 29.5 Å². The first-order valence-corrected chi connectivity index (χ1v) is 20.3. The fourth-order valence-electron chi connectivity index (χ4n) is 7.17. The van der Waals surface area contributed by atoms with E-state index in [9.17, 15) is 4.57 Å². The van der Waals surface area contributed by atoms with Gasteiger partial charge in [-0.05, 0) is 98.7 Å². The number of hydrogen-bond donors (Lipinski definition) is 2. The average molecular weight is 751 g/mol. The number of methoxy groups -OCH3 is 1. The predicted molar refractivity (Wildman–Crippen MR) is 206 cm³/mol. The third-order valence-electron chi connectivity index (χ3n) is 10.1. The zero-order valence-corrected chi connectivity index (χ0v) is 32.5. The number of nitrogens with one attached hydrogen (secondary N) is 2. The first kappa shape index (κ1) is 35.4. The third kappa shape index (κ3) is 7.67. The lowest BCUT2D eigenvalue weighted by atomic mass is 9.98. The standard InChI is InChI=1S/C36H49BrN9O2P/c1-23-17-31(34(49(7,8)47)25(3)24(23)2)40-35-29(37)21-38-36(42-35)41-30-18-28(26-20-39-44(5)22-26)32(19-33(30)48-6)46-11-9-27(10-12-46)45-15-13-43(4)14-16-45/h17-22,27H,9-16H2,1-8H3,(H2,38,40,41,42). The van der Waals surface area contributed by atoms with Gasteiger partial charge in [-0.1, -0.05) is 0 Å². The van der Waals surface area contributed by atoms with Crippen molar-refractivity contribution in [3.05, 3.63) is 58.0 Å². The molecule has 4 aromatic rings. The Morgan fingerprint density at radius 2 is 1.63 bits per heavy atom. The molecule has 0 bridgehead atoms. The summed E-state index contributed by atoms with van der Waals surface area (Å²) in [7, 11) is 3.25. The van der Waals surface area contributed by atoms with E-state index >= 15 is 0 Å². The van der Waals surface area contributed by atoms with Gasteiger partial charge in [0.1, 0.15) is 18.7 Å². The van der Waals surface area contributed by atoms with E-state index in [0.717, 1.165) is 102 Å². The molecule has 4 heterocycles. The van der Waals surface area contributed by atoms with E-state index < -0.39 is 7.14 Å². The number of piperidine rings is 1. The molecule has 2 aromatic heterocycles. The SMILES string of the molecule is COc1cc(N2CCC(N3CCN(C)CC3)CC2)c(-c2cnn(C)c2)cc1Nc1ncc(Br)c(Nc2cc(C)c(C)c(C)c2P(C)(C)=O)n1. The first-order valence-electron chi connectivity index (χ1n) is 16.9. The maximum absolute atomic E-state index is 13.4. The van der Waals surface area contributed by atoms with Gasteiger partial charge in [0.15, 0.2) is 0 Å². The molecule has 0 aliphatic carbocycles. The van der Waals surface area contributed by atoms with Gasteiger partial charge in [-0.2, -0.15) is 10.1 Å². The summed E-state index contributed by atoms with van der Waals surface area (Å²) < 4.78 is 21.9. The zero-order valence-electron chi connectivity index (χ0n) is 30.0. The van der Waals surface area contributed by atoms with Crippen molar-refractivity contribution in [1.82, 2.24) is 29.5 Å². The minimum absolute atomic E-state index is 0.403. The van der Waals surface area contributed by atoms with E-state index in [-0.39, 0.29) is 0 Å². The van der Waals surface area contributed by atoms with Crippen molar-refractivity contribution in [2.75, 3.05) is 82.3 Å². The lowest BCUT2D eigenvalue weighted by molar-refractivity contribution is 0.0982. The van der Waals surface area contributed by atoms with E-state index in [1.807, 2.05) is 44.4 Å². The number of benzene rings is 2. The predicted octanol–water partition coefficient (Wildman–Crippen LogP) is 6.52. The number of piperazine rings is 1. The molecule has 13 heteroatoms. The van der Waals surface area contributed by atoms with E-state index in [0.29, 0.717) is 28.0 Å². The van der Waals surface area contributed by atoms with Crippen LogP contribution in [-0.2, 0) is 11.6 Å². The van der Waals surface area contributed by atoms with Crippen molar-refractivity contribution in [1.29, 1.82) is 0 Å². The highest BCUT2D eigenvalue weighted by Crippen LogP contribution is 2.43. The molecule has 0 amide bonds. The Balaban J connectivity index is 1.30. The van der Waals surface area contributed by atoms with Crippen LogP contribution in [0.3, 0.4) is 0 Å². The van der Waals surface area contributed by atoms with Crippen molar-refractivity contribution in [3.63, 3.8) is 0 Å². The van der Waals surface area contributed by atoms with E-state index in [1.165, 1.54) is 0 Å². The van der Waals surface area contributed by atoms with Gasteiger partial charge in [-0.25, -0.2) is 4.98 Å². The molecule has 0 saturated carbocycles. The second kappa shape index (κ2) is 14.4. The highest BCUT2D eigenvalue weighted by atomic mass is 79.9. The van der Waals surface area contributed by atoms with Gasteiger partial charge in [0.25, 0.3) is 0 Å². The van der Waals surface area contributed by atoms with Gasteiger partial charge in [-0.3, -0.25) is 9.58 Å². The Bertz CT molecular complexity index is 1870. The van der Waals surface area contributed by atoms with Gasteiger partial charge >= 0.3 is 0 Å². The average Bonchev–Trinajstić information content (AvgIpc) is 3.50. The van der Waals surface area contributed by atoms with E-state index in [1.54, 1.807) is 13.3 Å². The number of rotatable bonds is 9. The van der Waals surface area contributed by atoms with Crippen LogP contribution in [-0.4, -0.2) is 102 Å². The summed E-state index contributed by atoms with van der Waals surface area (Å²) in [5, 5.41) is 12.2. The van der Waals surface area contributed by atoms with Crippen molar-refractivity contribution in [2.45, 2.75) is 39.7 Å². The number of halogens is 1. The summed E-state index contributed by atoms with van der Waals surface area (Å²) in [4.78, 5) is 17.0. The summed E-state index contributed by atoms with van der Waals surface area (Å²) in [6.07, 6.45) is 7.94. The van der Waals surface area contributed by atoms with Crippen molar-refractivity contribution in [3.8, 4) is 16.9 Å². The Kier molecular flexibility index (Phi) is 10.4. The quantitative estimate of drug-likeness (QED) is 0.184. The van der Waals surface area contributed by atoms with Crippen LogP contribution >= 0.6 is 23.1 Å². The molecule has 2 aliphatic heterocycles. The van der Waals surface area contributed by atoms with Gasteiger partial charge in [0, 0.05) is 92.9 Å².